The van der Waals surface area contributed by atoms with E-state index in [2.05, 4.69) is 26.3 Å². The lowest BCUT2D eigenvalue weighted by Crippen LogP contribution is -2.03. The SMILES string of the molecule is N#Cc1cc(-c2cncnc2)c2nnn(C/C(F)=C/CN)c2c1. The number of nitrogens with zero attached hydrogens (tertiary/aromatic N) is 6. The number of hydrogen-bond donors (Lipinski definition) is 1. The molecule has 3 aromatic rings. The molecule has 8 heteroatoms. The fraction of sp³-hybridized carbons (Fsp3) is 0.133. The highest BCUT2D eigenvalue weighted by molar-refractivity contribution is 5.92. The maximum absolute atomic E-state index is 13.7. The second-order valence-corrected chi connectivity index (χ2v) is 4.76. The molecule has 2 aromatic heterocycles. The summed E-state index contributed by atoms with van der Waals surface area (Å²) in [6.45, 7) is 0.0157. The molecule has 2 heterocycles. The smallest absolute Gasteiger partial charge is 0.121 e. The van der Waals surface area contributed by atoms with E-state index in [1.54, 1.807) is 24.5 Å². The lowest BCUT2D eigenvalue weighted by molar-refractivity contribution is 0.524. The molecule has 0 radical (unpaired) electrons. The molecule has 0 unspecified atom stereocenters. The Morgan fingerprint density at radius 1 is 1.35 bits per heavy atom. The minimum absolute atomic E-state index is 0.0900. The van der Waals surface area contributed by atoms with E-state index in [1.807, 2.05) is 0 Å². The summed E-state index contributed by atoms with van der Waals surface area (Å²) >= 11 is 0. The third-order valence-corrected chi connectivity index (χ3v) is 3.26. The third kappa shape index (κ3) is 2.90. The maximum atomic E-state index is 13.7. The van der Waals surface area contributed by atoms with E-state index < -0.39 is 5.83 Å². The normalized spacial score (nSPS) is 11.6. The number of halogens is 1. The summed E-state index contributed by atoms with van der Waals surface area (Å²) in [6.07, 6.45) is 5.93. The number of nitrogens with two attached hydrogens (primary N) is 1. The van der Waals surface area contributed by atoms with E-state index in [-0.39, 0.29) is 13.1 Å². The molecule has 114 valence electrons. The quantitative estimate of drug-likeness (QED) is 0.784. The number of nitriles is 1. The summed E-state index contributed by atoms with van der Waals surface area (Å²) < 4.78 is 15.1. The average molecular weight is 309 g/mol. The Morgan fingerprint density at radius 3 is 2.83 bits per heavy atom. The van der Waals surface area contributed by atoms with Gasteiger partial charge in [0.15, 0.2) is 0 Å². The zero-order chi connectivity index (χ0) is 16.2. The predicted molar refractivity (Wildman–Crippen MR) is 81.5 cm³/mol. The van der Waals surface area contributed by atoms with Crippen molar-refractivity contribution < 1.29 is 4.39 Å². The van der Waals surface area contributed by atoms with Gasteiger partial charge in [0.05, 0.1) is 23.7 Å². The monoisotopic (exact) mass is 309 g/mol. The molecule has 0 aliphatic carbocycles. The van der Waals surface area contributed by atoms with Crippen LogP contribution in [0.3, 0.4) is 0 Å². The summed E-state index contributed by atoms with van der Waals surface area (Å²) in [5.41, 5.74) is 8.21. The van der Waals surface area contributed by atoms with E-state index in [0.717, 1.165) is 0 Å². The molecule has 0 saturated heterocycles. The van der Waals surface area contributed by atoms with Crippen molar-refractivity contribution in [1.29, 1.82) is 5.26 Å². The third-order valence-electron chi connectivity index (χ3n) is 3.26. The molecule has 0 saturated carbocycles. The van der Waals surface area contributed by atoms with E-state index in [9.17, 15) is 9.65 Å². The van der Waals surface area contributed by atoms with Crippen LogP contribution < -0.4 is 5.73 Å². The van der Waals surface area contributed by atoms with Crippen molar-refractivity contribution in [1.82, 2.24) is 25.0 Å². The Labute approximate surface area is 130 Å². The van der Waals surface area contributed by atoms with Crippen LogP contribution in [0.25, 0.3) is 22.2 Å². The number of aromatic nitrogens is 5. The second-order valence-electron chi connectivity index (χ2n) is 4.76. The van der Waals surface area contributed by atoms with Crippen molar-refractivity contribution in [2.24, 2.45) is 5.73 Å². The van der Waals surface area contributed by atoms with Gasteiger partial charge < -0.3 is 5.73 Å². The molecule has 0 bridgehead atoms. The molecule has 0 amide bonds. The van der Waals surface area contributed by atoms with Gasteiger partial charge in [0, 0.05) is 30.1 Å². The highest BCUT2D eigenvalue weighted by Crippen LogP contribution is 2.28. The molecule has 1 aromatic carbocycles. The van der Waals surface area contributed by atoms with E-state index in [1.165, 1.54) is 17.1 Å². The topological polar surface area (TPSA) is 106 Å². The van der Waals surface area contributed by atoms with Crippen LogP contribution in [-0.4, -0.2) is 31.5 Å². The van der Waals surface area contributed by atoms with Gasteiger partial charge in [-0.15, -0.1) is 5.10 Å². The zero-order valence-corrected chi connectivity index (χ0v) is 12.0. The Kier molecular flexibility index (Phi) is 4.03. The summed E-state index contributed by atoms with van der Waals surface area (Å²) in [6, 6.07) is 5.40. The van der Waals surface area contributed by atoms with Crippen LogP contribution >= 0.6 is 0 Å². The van der Waals surface area contributed by atoms with Gasteiger partial charge in [0.1, 0.15) is 17.7 Å². The second kappa shape index (κ2) is 6.29. The van der Waals surface area contributed by atoms with Gasteiger partial charge in [-0.05, 0) is 18.2 Å². The largest absolute Gasteiger partial charge is 0.327 e. The molecule has 7 nitrogen and oxygen atoms in total. The van der Waals surface area contributed by atoms with E-state index in [0.29, 0.717) is 27.7 Å². The molecule has 3 rings (SSSR count). The van der Waals surface area contributed by atoms with Gasteiger partial charge in [-0.25, -0.2) is 19.0 Å². The van der Waals surface area contributed by atoms with Crippen LogP contribution in [0.2, 0.25) is 0 Å². The number of rotatable bonds is 4. The van der Waals surface area contributed by atoms with Crippen molar-refractivity contribution in [2.45, 2.75) is 6.54 Å². The number of allylic oxidation sites excluding steroid dienone is 1. The first-order valence-electron chi connectivity index (χ1n) is 6.80. The molecule has 0 aliphatic rings. The Hall–Kier alpha value is -3.18. The van der Waals surface area contributed by atoms with Gasteiger partial charge in [0.25, 0.3) is 0 Å². The first-order valence-corrected chi connectivity index (χ1v) is 6.80. The lowest BCUT2D eigenvalue weighted by Gasteiger charge is -2.04. The Morgan fingerprint density at radius 2 is 2.13 bits per heavy atom. The minimum atomic E-state index is -0.411. The fourth-order valence-corrected chi connectivity index (χ4v) is 2.24. The summed E-state index contributed by atoms with van der Waals surface area (Å²) in [5.74, 6) is -0.411. The maximum Gasteiger partial charge on any atom is 0.121 e. The molecule has 0 aliphatic heterocycles. The van der Waals surface area contributed by atoms with Crippen molar-refractivity contribution >= 4 is 11.0 Å². The molecule has 2 N–H and O–H groups in total. The van der Waals surface area contributed by atoms with Crippen molar-refractivity contribution in [3.8, 4) is 17.2 Å². The summed E-state index contributed by atoms with van der Waals surface area (Å²) in [4.78, 5) is 7.94. The van der Waals surface area contributed by atoms with E-state index in [4.69, 9.17) is 5.73 Å². The van der Waals surface area contributed by atoms with Gasteiger partial charge in [-0.3, -0.25) is 0 Å². The zero-order valence-electron chi connectivity index (χ0n) is 12.0. The highest BCUT2D eigenvalue weighted by atomic mass is 19.1. The molecular formula is C15H12FN7. The minimum Gasteiger partial charge on any atom is -0.327 e. The summed E-state index contributed by atoms with van der Waals surface area (Å²) in [7, 11) is 0. The number of fused-ring (bicyclic) bond motifs is 1. The van der Waals surface area contributed by atoms with Gasteiger partial charge in [-0.1, -0.05) is 5.21 Å². The van der Waals surface area contributed by atoms with Crippen LogP contribution in [0.4, 0.5) is 4.39 Å². The van der Waals surface area contributed by atoms with Crippen LogP contribution in [-0.2, 0) is 6.54 Å². The Balaban J connectivity index is 2.18. The Bertz CT molecular complexity index is 909. The fourth-order valence-electron chi connectivity index (χ4n) is 2.24. The standard InChI is InChI=1S/C15H12FN7/c16-12(1-2-17)8-23-14-4-10(5-18)3-13(15(14)21-22-23)11-6-19-9-20-7-11/h1,3-4,6-7,9H,2,8,17H2/b12-1-. The summed E-state index contributed by atoms with van der Waals surface area (Å²) in [5, 5.41) is 17.3. The predicted octanol–water partition coefficient (Wildman–Crippen LogP) is 1.57. The molecule has 0 atom stereocenters. The van der Waals surface area contributed by atoms with Crippen LogP contribution in [0.5, 0.6) is 0 Å². The first-order chi connectivity index (χ1) is 11.2. The van der Waals surface area contributed by atoms with Gasteiger partial charge in [0.2, 0.25) is 0 Å². The van der Waals surface area contributed by atoms with Crippen LogP contribution in [0.15, 0.2) is 42.8 Å². The van der Waals surface area contributed by atoms with Gasteiger partial charge in [-0.2, -0.15) is 5.26 Å². The number of hydrogen-bond acceptors (Lipinski definition) is 6. The van der Waals surface area contributed by atoms with Crippen molar-refractivity contribution in [3.63, 3.8) is 0 Å². The molecule has 23 heavy (non-hydrogen) atoms. The van der Waals surface area contributed by atoms with E-state index >= 15 is 0 Å². The molecular weight excluding hydrogens is 297 g/mol. The van der Waals surface area contributed by atoms with Crippen LogP contribution in [0, 0.1) is 11.3 Å². The molecule has 0 spiro atoms. The first kappa shape index (κ1) is 14.7. The number of benzene rings is 1. The lowest BCUT2D eigenvalue weighted by atomic mass is 10.0. The van der Waals surface area contributed by atoms with Crippen molar-refractivity contribution in [2.75, 3.05) is 6.54 Å². The van der Waals surface area contributed by atoms with Gasteiger partial charge >= 0.3 is 0 Å². The van der Waals surface area contributed by atoms with Crippen molar-refractivity contribution in [3.05, 3.63) is 48.3 Å². The molecule has 0 fully saturated rings. The highest BCUT2D eigenvalue weighted by Gasteiger charge is 2.14. The van der Waals surface area contributed by atoms with Crippen LogP contribution in [0.1, 0.15) is 5.56 Å². The average Bonchev–Trinajstić information content (AvgIpc) is 2.98.